The van der Waals surface area contributed by atoms with Gasteiger partial charge in [-0.05, 0) is 12.0 Å². The zero-order chi connectivity index (χ0) is 11.4. The minimum atomic E-state index is -0.396. The van der Waals surface area contributed by atoms with Crippen LogP contribution in [-0.2, 0) is 11.3 Å². The van der Waals surface area contributed by atoms with Gasteiger partial charge in [-0.25, -0.2) is 0 Å². The summed E-state index contributed by atoms with van der Waals surface area (Å²) in [6.07, 6.45) is 0.105. The molecule has 0 saturated carbocycles. The smallest absolute Gasteiger partial charge is 0.237 e. The summed E-state index contributed by atoms with van der Waals surface area (Å²) >= 11 is 0. The molecule has 2 atom stereocenters. The highest BCUT2D eigenvalue weighted by atomic mass is 16.3. The second kappa shape index (κ2) is 5.09. The second-order valence-corrected chi connectivity index (χ2v) is 4.05. The van der Waals surface area contributed by atoms with Crippen LogP contribution < -0.4 is 10.6 Å². The highest BCUT2D eigenvalue weighted by Crippen LogP contribution is 2.06. The van der Waals surface area contributed by atoms with Crippen molar-refractivity contribution >= 4 is 5.91 Å². The molecule has 4 heteroatoms. The number of β-amino-alcohol motifs (C(OH)–C–C–N with tert-alkyl or cyclic N) is 1. The Kier molecular flexibility index (Phi) is 3.54. The standard InChI is InChI=1S/C12H16N2O2/c15-10-6-11(13-8-10)12(16)14-7-9-4-2-1-3-5-9/h1-5,10-11,13,15H,6-8H2,(H,14,16)/t10-,11+/m1/s1. The summed E-state index contributed by atoms with van der Waals surface area (Å²) in [6, 6.07) is 9.52. The van der Waals surface area contributed by atoms with Crippen LogP contribution in [0.25, 0.3) is 0 Å². The average molecular weight is 220 g/mol. The Balaban J connectivity index is 1.80. The third-order valence-corrected chi connectivity index (χ3v) is 2.73. The van der Waals surface area contributed by atoms with Crippen molar-refractivity contribution in [2.45, 2.75) is 25.1 Å². The lowest BCUT2D eigenvalue weighted by Crippen LogP contribution is -2.39. The third kappa shape index (κ3) is 2.81. The molecule has 86 valence electrons. The monoisotopic (exact) mass is 220 g/mol. The van der Waals surface area contributed by atoms with E-state index in [-0.39, 0.29) is 11.9 Å². The number of hydrogen-bond acceptors (Lipinski definition) is 3. The van der Waals surface area contributed by atoms with Gasteiger partial charge < -0.3 is 15.7 Å². The molecule has 0 radical (unpaired) electrons. The Morgan fingerprint density at radius 2 is 2.19 bits per heavy atom. The molecule has 1 aromatic carbocycles. The SMILES string of the molecule is O=C(NCc1ccccc1)[C@@H]1C[C@@H](O)CN1. The number of carbonyl (C=O) groups is 1. The van der Waals surface area contributed by atoms with Gasteiger partial charge >= 0.3 is 0 Å². The minimum Gasteiger partial charge on any atom is -0.392 e. The van der Waals surface area contributed by atoms with E-state index < -0.39 is 6.10 Å². The van der Waals surface area contributed by atoms with Crippen LogP contribution in [0.4, 0.5) is 0 Å². The molecule has 3 N–H and O–H groups in total. The van der Waals surface area contributed by atoms with Gasteiger partial charge in [0, 0.05) is 13.1 Å². The number of amides is 1. The Bertz CT molecular complexity index is 353. The highest BCUT2D eigenvalue weighted by Gasteiger charge is 2.27. The molecule has 1 aliphatic heterocycles. The van der Waals surface area contributed by atoms with Crippen LogP contribution in [-0.4, -0.2) is 29.7 Å². The van der Waals surface area contributed by atoms with Crippen molar-refractivity contribution in [2.24, 2.45) is 0 Å². The van der Waals surface area contributed by atoms with Crippen LogP contribution in [0.5, 0.6) is 0 Å². The molecule has 0 spiro atoms. The summed E-state index contributed by atoms with van der Waals surface area (Å²) in [5.74, 6) is -0.0413. The summed E-state index contributed by atoms with van der Waals surface area (Å²) in [7, 11) is 0. The maximum atomic E-state index is 11.7. The third-order valence-electron chi connectivity index (χ3n) is 2.73. The van der Waals surface area contributed by atoms with Gasteiger partial charge in [0.25, 0.3) is 0 Å². The van der Waals surface area contributed by atoms with Crippen LogP contribution in [0.2, 0.25) is 0 Å². The topological polar surface area (TPSA) is 61.4 Å². The Labute approximate surface area is 94.7 Å². The number of carbonyl (C=O) groups excluding carboxylic acids is 1. The summed E-state index contributed by atoms with van der Waals surface area (Å²) in [5, 5.41) is 15.1. The predicted octanol–water partition coefficient (Wildman–Crippen LogP) is 0.0256. The fourth-order valence-electron chi connectivity index (χ4n) is 1.83. The first-order valence-corrected chi connectivity index (χ1v) is 5.49. The van der Waals surface area contributed by atoms with E-state index in [2.05, 4.69) is 10.6 Å². The van der Waals surface area contributed by atoms with Crippen molar-refractivity contribution in [3.8, 4) is 0 Å². The summed E-state index contributed by atoms with van der Waals surface area (Å²) < 4.78 is 0. The fraction of sp³-hybridized carbons (Fsp3) is 0.417. The van der Waals surface area contributed by atoms with E-state index in [0.29, 0.717) is 19.5 Å². The van der Waals surface area contributed by atoms with Crippen molar-refractivity contribution in [1.82, 2.24) is 10.6 Å². The van der Waals surface area contributed by atoms with Crippen molar-refractivity contribution in [3.05, 3.63) is 35.9 Å². The lowest BCUT2D eigenvalue weighted by Gasteiger charge is -2.10. The summed E-state index contributed by atoms with van der Waals surface area (Å²) in [6.45, 7) is 1.04. The highest BCUT2D eigenvalue weighted by molar-refractivity contribution is 5.82. The van der Waals surface area contributed by atoms with E-state index in [1.165, 1.54) is 0 Å². The summed E-state index contributed by atoms with van der Waals surface area (Å²) in [5.41, 5.74) is 1.08. The Hall–Kier alpha value is -1.39. The van der Waals surface area contributed by atoms with Gasteiger partial charge in [-0.3, -0.25) is 4.79 Å². The van der Waals surface area contributed by atoms with Crippen LogP contribution in [0, 0.1) is 0 Å². The van der Waals surface area contributed by atoms with Crippen molar-refractivity contribution in [3.63, 3.8) is 0 Å². The number of benzene rings is 1. The fourth-order valence-corrected chi connectivity index (χ4v) is 1.83. The van der Waals surface area contributed by atoms with E-state index in [0.717, 1.165) is 5.56 Å². The van der Waals surface area contributed by atoms with Crippen LogP contribution in [0.3, 0.4) is 0 Å². The van der Waals surface area contributed by atoms with Gasteiger partial charge in [-0.2, -0.15) is 0 Å². The molecular weight excluding hydrogens is 204 g/mol. The molecule has 1 amide bonds. The van der Waals surface area contributed by atoms with Gasteiger partial charge in [0.15, 0.2) is 0 Å². The predicted molar refractivity (Wildman–Crippen MR) is 60.7 cm³/mol. The van der Waals surface area contributed by atoms with E-state index >= 15 is 0 Å². The van der Waals surface area contributed by atoms with E-state index in [9.17, 15) is 9.90 Å². The normalized spacial score (nSPS) is 24.3. The largest absolute Gasteiger partial charge is 0.392 e. The van der Waals surface area contributed by atoms with Gasteiger partial charge in [0.2, 0.25) is 5.91 Å². The molecule has 1 saturated heterocycles. The van der Waals surface area contributed by atoms with E-state index in [1.807, 2.05) is 30.3 Å². The molecule has 1 heterocycles. The average Bonchev–Trinajstić information content (AvgIpc) is 2.74. The molecule has 16 heavy (non-hydrogen) atoms. The number of rotatable bonds is 3. The van der Waals surface area contributed by atoms with Crippen LogP contribution >= 0.6 is 0 Å². The zero-order valence-electron chi connectivity index (χ0n) is 9.02. The molecule has 0 unspecified atom stereocenters. The number of aliphatic hydroxyl groups excluding tert-OH is 1. The van der Waals surface area contributed by atoms with Crippen LogP contribution in [0.15, 0.2) is 30.3 Å². The lowest BCUT2D eigenvalue weighted by atomic mass is 10.2. The Morgan fingerprint density at radius 1 is 1.44 bits per heavy atom. The first kappa shape index (κ1) is 11.1. The number of aliphatic hydroxyl groups is 1. The van der Waals surface area contributed by atoms with Crippen molar-refractivity contribution in [2.75, 3.05) is 6.54 Å². The van der Waals surface area contributed by atoms with Crippen molar-refractivity contribution in [1.29, 1.82) is 0 Å². The van der Waals surface area contributed by atoms with Gasteiger partial charge in [0.1, 0.15) is 0 Å². The summed E-state index contributed by atoms with van der Waals surface area (Å²) in [4.78, 5) is 11.7. The minimum absolute atomic E-state index is 0.0413. The maximum Gasteiger partial charge on any atom is 0.237 e. The van der Waals surface area contributed by atoms with Crippen LogP contribution in [0.1, 0.15) is 12.0 Å². The molecule has 2 rings (SSSR count). The van der Waals surface area contributed by atoms with Gasteiger partial charge in [-0.15, -0.1) is 0 Å². The lowest BCUT2D eigenvalue weighted by molar-refractivity contribution is -0.123. The zero-order valence-corrected chi connectivity index (χ0v) is 9.02. The second-order valence-electron chi connectivity index (χ2n) is 4.05. The van der Waals surface area contributed by atoms with E-state index in [1.54, 1.807) is 0 Å². The van der Waals surface area contributed by atoms with Gasteiger partial charge in [0.05, 0.1) is 12.1 Å². The van der Waals surface area contributed by atoms with Gasteiger partial charge in [-0.1, -0.05) is 30.3 Å². The number of hydrogen-bond donors (Lipinski definition) is 3. The molecule has 1 aromatic rings. The molecule has 1 aliphatic rings. The first-order chi connectivity index (χ1) is 7.75. The molecule has 4 nitrogen and oxygen atoms in total. The molecule has 0 aliphatic carbocycles. The van der Waals surface area contributed by atoms with E-state index in [4.69, 9.17) is 0 Å². The molecular formula is C12H16N2O2. The first-order valence-electron chi connectivity index (χ1n) is 5.49. The molecule has 0 aromatic heterocycles. The molecule has 1 fully saturated rings. The molecule has 0 bridgehead atoms. The quantitative estimate of drug-likeness (QED) is 0.673. The van der Waals surface area contributed by atoms with Crippen molar-refractivity contribution < 1.29 is 9.90 Å². The maximum absolute atomic E-state index is 11.7. The number of nitrogens with one attached hydrogen (secondary N) is 2. The Morgan fingerprint density at radius 3 is 2.81 bits per heavy atom.